The largest absolute Gasteiger partial charge is 0.350 e. The summed E-state index contributed by atoms with van der Waals surface area (Å²) in [5.74, 6) is 0.226. The van der Waals surface area contributed by atoms with E-state index >= 15 is 0 Å². The molecule has 0 aliphatic heterocycles. The zero-order chi connectivity index (χ0) is 18.5. The Morgan fingerprint density at radius 1 is 1.04 bits per heavy atom. The van der Waals surface area contributed by atoms with Gasteiger partial charge in [0.1, 0.15) is 0 Å². The van der Waals surface area contributed by atoms with E-state index in [1.807, 2.05) is 56.3 Å². The zero-order valence-corrected chi connectivity index (χ0v) is 15.3. The van der Waals surface area contributed by atoms with E-state index in [2.05, 4.69) is 20.6 Å². The maximum Gasteiger partial charge on any atom is 0.258 e. The van der Waals surface area contributed by atoms with Gasteiger partial charge in [0, 0.05) is 29.6 Å². The van der Waals surface area contributed by atoms with E-state index in [1.54, 1.807) is 0 Å². The van der Waals surface area contributed by atoms with E-state index < -0.39 is 0 Å². The van der Waals surface area contributed by atoms with Gasteiger partial charge in [-0.05, 0) is 43.2 Å². The molecular formula is C20H19ClN4O. The minimum atomic E-state index is -0.235. The van der Waals surface area contributed by atoms with Crippen molar-refractivity contribution in [3.63, 3.8) is 0 Å². The summed E-state index contributed by atoms with van der Waals surface area (Å²) in [5, 5.41) is 6.70. The predicted octanol–water partition coefficient (Wildman–Crippen LogP) is 4.61. The molecule has 0 radical (unpaired) electrons. The van der Waals surface area contributed by atoms with Crippen molar-refractivity contribution < 1.29 is 4.79 Å². The molecule has 6 heteroatoms. The van der Waals surface area contributed by atoms with Crippen LogP contribution < -0.4 is 10.6 Å². The summed E-state index contributed by atoms with van der Waals surface area (Å²) < 4.78 is 0. The second-order valence-corrected chi connectivity index (χ2v) is 6.48. The Labute approximate surface area is 157 Å². The fourth-order valence-electron chi connectivity index (χ4n) is 2.47. The molecule has 0 bridgehead atoms. The summed E-state index contributed by atoms with van der Waals surface area (Å²) in [6.45, 7) is 4.55. The lowest BCUT2D eigenvalue weighted by Gasteiger charge is -2.09. The van der Waals surface area contributed by atoms with Gasteiger partial charge in [-0.25, -0.2) is 9.97 Å². The van der Waals surface area contributed by atoms with Crippen LogP contribution in [0.25, 0.3) is 0 Å². The van der Waals surface area contributed by atoms with E-state index in [-0.39, 0.29) is 5.91 Å². The Balaban J connectivity index is 1.61. The van der Waals surface area contributed by atoms with Crippen molar-refractivity contribution in [3.05, 3.63) is 82.1 Å². The molecule has 0 saturated heterocycles. The van der Waals surface area contributed by atoms with E-state index in [1.165, 1.54) is 12.4 Å². The average Bonchev–Trinajstić information content (AvgIpc) is 2.64. The molecule has 0 atom stereocenters. The number of anilines is 2. The maximum atomic E-state index is 12.3. The molecule has 3 rings (SSSR count). The molecular weight excluding hydrogens is 348 g/mol. The first-order valence-electron chi connectivity index (χ1n) is 8.20. The molecule has 132 valence electrons. The molecule has 2 N–H and O–H groups in total. The van der Waals surface area contributed by atoms with Gasteiger partial charge >= 0.3 is 0 Å². The van der Waals surface area contributed by atoms with Gasteiger partial charge in [-0.3, -0.25) is 4.79 Å². The SMILES string of the molecule is Cc1ccc(NC(=O)c2cnc(NCc3ccc(Cl)cc3)nc2)c(C)c1. The molecule has 0 saturated carbocycles. The summed E-state index contributed by atoms with van der Waals surface area (Å²) >= 11 is 5.87. The fourth-order valence-corrected chi connectivity index (χ4v) is 2.59. The summed E-state index contributed by atoms with van der Waals surface area (Å²) in [6, 6.07) is 13.4. The van der Waals surface area contributed by atoms with E-state index in [0.717, 1.165) is 22.4 Å². The number of nitrogens with one attached hydrogen (secondary N) is 2. The van der Waals surface area contributed by atoms with Crippen LogP contribution in [0.15, 0.2) is 54.9 Å². The number of amides is 1. The third-order valence-electron chi connectivity index (χ3n) is 3.91. The minimum Gasteiger partial charge on any atom is -0.350 e. The van der Waals surface area contributed by atoms with Gasteiger partial charge < -0.3 is 10.6 Å². The Morgan fingerprint density at radius 2 is 1.73 bits per heavy atom. The molecule has 0 spiro atoms. The lowest BCUT2D eigenvalue weighted by atomic mass is 10.1. The summed E-state index contributed by atoms with van der Waals surface area (Å²) in [7, 11) is 0. The van der Waals surface area contributed by atoms with Crippen LogP contribution in [0.2, 0.25) is 5.02 Å². The van der Waals surface area contributed by atoms with Crippen molar-refractivity contribution in [2.45, 2.75) is 20.4 Å². The molecule has 2 aromatic carbocycles. The first-order chi connectivity index (χ1) is 12.5. The normalized spacial score (nSPS) is 10.4. The molecule has 5 nitrogen and oxygen atoms in total. The number of carbonyl (C=O) groups excluding carboxylic acids is 1. The van der Waals surface area contributed by atoms with Gasteiger partial charge in [0.2, 0.25) is 5.95 Å². The molecule has 0 unspecified atom stereocenters. The number of benzene rings is 2. The number of nitrogens with zero attached hydrogens (tertiary/aromatic N) is 2. The van der Waals surface area contributed by atoms with Crippen LogP contribution in [0.4, 0.5) is 11.6 Å². The molecule has 26 heavy (non-hydrogen) atoms. The van der Waals surface area contributed by atoms with Gasteiger partial charge in [0.25, 0.3) is 5.91 Å². The lowest BCUT2D eigenvalue weighted by Crippen LogP contribution is -2.14. The number of hydrogen-bond donors (Lipinski definition) is 2. The second kappa shape index (κ2) is 7.97. The van der Waals surface area contributed by atoms with Gasteiger partial charge in [0.15, 0.2) is 0 Å². The first-order valence-corrected chi connectivity index (χ1v) is 8.58. The topological polar surface area (TPSA) is 66.9 Å². The Hall–Kier alpha value is -2.92. The summed E-state index contributed by atoms with van der Waals surface area (Å²) in [4.78, 5) is 20.8. The quantitative estimate of drug-likeness (QED) is 0.691. The minimum absolute atomic E-state index is 0.235. The highest BCUT2D eigenvalue weighted by Crippen LogP contribution is 2.17. The number of rotatable bonds is 5. The summed E-state index contributed by atoms with van der Waals surface area (Å²) in [6.07, 6.45) is 3.02. The van der Waals surface area contributed by atoms with E-state index in [4.69, 9.17) is 11.6 Å². The number of halogens is 1. The number of carbonyl (C=O) groups is 1. The molecule has 0 aliphatic carbocycles. The van der Waals surface area contributed by atoms with E-state index in [9.17, 15) is 4.79 Å². The highest BCUT2D eigenvalue weighted by Gasteiger charge is 2.09. The number of aromatic nitrogens is 2. The molecule has 1 heterocycles. The van der Waals surface area contributed by atoms with Crippen molar-refractivity contribution in [2.24, 2.45) is 0 Å². The Kier molecular flexibility index (Phi) is 5.49. The maximum absolute atomic E-state index is 12.3. The van der Waals surface area contributed by atoms with Crippen molar-refractivity contribution in [1.82, 2.24) is 9.97 Å². The lowest BCUT2D eigenvalue weighted by molar-refractivity contribution is 0.102. The van der Waals surface area contributed by atoms with Crippen LogP contribution in [0.1, 0.15) is 27.0 Å². The zero-order valence-electron chi connectivity index (χ0n) is 14.6. The van der Waals surface area contributed by atoms with Crippen LogP contribution in [-0.4, -0.2) is 15.9 Å². The van der Waals surface area contributed by atoms with E-state index in [0.29, 0.717) is 23.1 Å². The summed E-state index contributed by atoms with van der Waals surface area (Å²) in [5.41, 5.74) is 4.42. The van der Waals surface area contributed by atoms with Crippen molar-refractivity contribution in [1.29, 1.82) is 0 Å². The van der Waals surface area contributed by atoms with Crippen LogP contribution >= 0.6 is 11.6 Å². The molecule has 0 aliphatic rings. The third kappa shape index (κ3) is 4.58. The van der Waals surface area contributed by atoms with Crippen molar-refractivity contribution in [3.8, 4) is 0 Å². The fraction of sp³-hybridized carbons (Fsp3) is 0.150. The highest BCUT2D eigenvalue weighted by atomic mass is 35.5. The Morgan fingerprint density at radius 3 is 2.38 bits per heavy atom. The molecule has 1 aromatic heterocycles. The predicted molar refractivity (Wildman–Crippen MR) is 105 cm³/mol. The Bertz CT molecular complexity index is 908. The third-order valence-corrected chi connectivity index (χ3v) is 4.16. The van der Waals surface area contributed by atoms with Crippen LogP contribution in [0, 0.1) is 13.8 Å². The van der Waals surface area contributed by atoms with Gasteiger partial charge in [-0.15, -0.1) is 0 Å². The molecule has 0 fully saturated rings. The van der Waals surface area contributed by atoms with Crippen LogP contribution in [0.3, 0.4) is 0 Å². The van der Waals surface area contributed by atoms with Gasteiger partial charge in [-0.1, -0.05) is 41.4 Å². The van der Waals surface area contributed by atoms with Crippen LogP contribution in [-0.2, 0) is 6.54 Å². The highest BCUT2D eigenvalue weighted by molar-refractivity contribution is 6.30. The van der Waals surface area contributed by atoms with Crippen molar-refractivity contribution in [2.75, 3.05) is 10.6 Å². The number of aryl methyl sites for hydroxylation is 2. The second-order valence-electron chi connectivity index (χ2n) is 6.05. The van der Waals surface area contributed by atoms with Gasteiger partial charge in [0.05, 0.1) is 5.56 Å². The first kappa shape index (κ1) is 17.9. The average molecular weight is 367 g/mol. The van der Waals surface area contributed by atoms with Gasteiger partial charge in [-0.2, -0.15) is 0 Å². The van der Waals surface area contributed by atoms with Crippen LogP contribution in [0.5, 0.6) is 0 Å². The van der Waals surface area contributed by atoms with Crippen molar-refractivity contribution >= 4 is 29.1 Å². The molecule has 1 amide bonds. The smallest absolute Gasteiger partial charge is 0.258 e. The molecule has 3 aromatic rings. The standard InChI is InChI=1S/C20H19ClN4O/c1-13-3-8-18(14(2)9-13)25-19(26)16-11-23-20(24-12-16)22-10-15-4-6-17(21)7-5-15/h3-9,11-12H,10H2,1-2H3,(H,25,26)(H,22,23,24). The monoisotopic (exact) mass is 366 g/mol. The number of hydrogen-bond acceptors (Lipinski definition) is 4.